The summed E-state index contributed by atoms with van der Waals surface area (Å²) in [5, 5.41) is 0.658. The third-order valence-electron chi connectivity index (χ3n) is 4.60. The number of fused-ring (bicyclic) bond motifs is 1. The molecule has 0 spiro atoms. The number of halogens is 1. The lowest BCUT2D eigenvalue weighted by Gasteiger charge is -2.11. The standard InChI is InChI=1S/C23H17ClN4O2/c1-2-19(29)11-16-4-3-5-18(10-16)28-22(30)14-25-20-13-26-21(27-23(20)28)12-15-6-8-17(24)9-7-15/h2-10,13-14H,1,11-12H2. The van der Waals surface area contributed by atoms with Crippen LogP contribution in [-0.4, -0.2) is 25.3 Å². The maximum absolute atomic E-state index is 12.7. The summed E-state index contributed by atoms with van der Waals surface area (Å²) in [4.78, 5) is 37.6. The molecule has 4 aromatic rings. The first-order valence-electron chi connectivity index (χ1n) is 9.26. The van der Waals surface area contributed by atoms with Crippen LogP contribution in [0.3, 0.4) is 0 Å². The number of aromatic nitrogens is 4. The normalized spacial score (nSPS) is 10.8. The van der Waals surface area contributed by atoms with Gasteiger partial charge in [0.1, 0.15) is 11.3 Å². The molecule has 0 aliphatic carbocycles. The molecule has 0 amide bonds. The first-order valence-corrected chi connectivity index (χ1v) is 9.64. The van der Waals surface area contributed by atoms with Crippen LogP contribution in [0.5, 0.6) is 0 Å². The lowest BCUT2D eigenvalue weighted by atomic mass is 10.1. The predicted molar refractivity (Wildman–Crippen MR) is 116 cm³/mol. The quantitative estimate of drug-likeness (QED) is 0.448. The van der Waals surface area contributed by atoms with Gasteiger partial charge in [0.15, 0.2) is 11.4 Å². The van der Waals surface area contributed by atoms with Crippen molar-refractivity contribution in [3.8, 4) is 5.69 Å². The van der Waals surface area contributed by atoms with Crippen molar-refractivity contribution in [3.63, 3.8) is 0 Å². The van der Waals surface area contributed by atoms with E-state index in [9.17, 15) is 9.59 Å². The molecule has 0 fully saturated rings. The van der Waals surface area contributed by atoms with E-state index in [1.54, 1.807) is 24.4 Å². The highest BCUT2D eigenvalue weighted by Crippen LogP contribution is 2.17. The Bertz CT molecular complexity index is 1310. The Morgan fingerprint density at radius 2 is 1.87 bits per heavy atom. The molecule has 148 valence electrons. The molecule has 2 aromatic heterocycles. The van der Waals surface area contributed by atoms with Crippen molar-refractivity contribution in [2.24, 2.45) is 0 Å². The van der Waals surface area contributed by atoms with Crippen molar-refractivity contribution in [1.82, 2.24) is 19.5 Å². The average Bonchev–Trinajstić information content (AvgIpc) is 2.75. The van der Waals surface area contributed by atoms with E-state index in [0.29, 0.717) is 34.1 Å². The minimum atomic E-state index is -0.314. The number of allylic oxidation sites excluding steroid dienone is 1. The van der Waals surface area contributed by atoms with E-state index in [1.807, 2.05) is 30.3 Å². The van der Waals surface area contributed by atoms with Gasteiger partial charge in [-0.05, 0) is 41.5 Å². The monoisotopic (exact) mass is 416 g/mol. The molecular formula is C23H17ClN4O2. The van der Waals surface area contributed by atoms with Gasteiger partial charge in [0.05, 0.1) is 18.1 Å². The van der Waals surface area contributed by atoms with Crippen molar-refractivity contribution in [2.75, 3.05) is 0 Å². The summed E-state index contributed by atoms with van der Waals surface area (Å²) in [6, 6.07) is 14.7. The number of ketones is 1. The fourth-order valence-electron chi connectivity index (χ4n) is 3.14. The molecule has 0 aliphatic heterocycles. The largest absolute Gasteiger partial charge is 0.295 e. The summed E-state index contributed by atoms with van der Waals surface area (Å²) >= 11 is 5.95. The number of carbonyl (C=O) groups is 1. The fraction of sp³-hybridized carbons (Fsp3) is 0.0870. The molecule has 6 nitrogen and oxygen atoms in total. The SMILES string of the molecule is C=CC(=O)Cc1cccc(-n2c(=O)cnc3cnc(Cc4ccc(Cl)cc4)nc32)c1. The predicted octanol–water partition coefficient (Wildman–Crippen LogP) is 3.72. The van der Waals surface area contributed by atoms with Gasteiger partial charge >= 0.3 is 0 Å². The van der Waals surface area contributed by atoms with Crippen molar-refractivity contribution < 1.29 is 4.79 Å². The Hall–Kier alpha value is -3.64. The molecule has 0 N–H and O–H groups in total. The zero-order chi connectivity index (χ0) is 21.1. The van der Waals surface area contributed by atoms with Crippen LogP contribution < -0.4 is 5.56 Å². The van der Waals surface area contributed by atoms with E-state index in [-0.39, 0.29) is 17.8 Å². The molecule has 2 aromatic carbocycles. The maximum atomic E-state index is 12.7. The number of nitrogens with zero attached hydrogens (tertiary/aromatic N) is 4. The van der Waals surface area contributed by atoms with Gasteiger partial charge in [-0.25, -0.2) is 15.0 Å². The molecule has 4 rings (SSSR count). The van der Waals surface area contributed by atoms with Gasteiger partial charge in [-0.1, -0.05) is 42.4 Å². The Labute approximate surface area is 177 Å². The Balaban J connectivity index is 1.79. The number of hydrogen-bond acceptors (Lipinski definition) is 5. The number of hydrogen-bond donors (Lipinski definition) is 0. The molecule has 0 atom stereocenters. The molecule has 7 heteroatoms. The molecular weight excluding hydrogens is 400 g/mol. The van der Waals surface area contributed by atoms with Gasteiger partial charge in [-0.2, -0.15) is 0 Å². The van der Waals surface area contributed by atoms with Gasteiger partial charge < -0.3 is 0 Å². The van der Waals surface area contributed by atoms with E-state index in [2.05, 4.69) is 21.5 Å². The van der Waals surface area contributed by atoms with E-state index in [0.717, 1.165) is 11.1 Å². The van der Waals surface area contributed by atoms with Gasteiger partial charge in [-0.3, -0.25) is 14.2 Å². The smallest absolute Gasteiger partial charge is 0.275 e. The first-order chi connectivity index (χ1) is 14.5. The zero-order valence-corrected chi connectivity index (χ0v) is 16.7. The highest BCUT2D eigenvalue weighted by molar-refractivity contribution is 6.30. The molecule has 0 aliphatic rings. The highest BCUT2D eigenvalue weighted by atomic mass is 35.5. The minimum Gasteiger partial charge on any atom is -0.295 e. The van der Waals surface area contributed by atoms with Crippen molar-refractivity contribution >= 4 is 28.5 Å². The summed E-state index contributed by atoms with van der Waals surface area (Å²) in [7, 11) is 0. The van der Waals surface area contributed by atoms with Crippen LogP contribution in [0.15, 0.2) is 78.4 Å². The molecule has 2 heterocycles. The Morgan fingerprint density at radius 1 is 1.07 bits per heavy atom. The van der Waals surface area contributed by atoms with Crippen LogP contribution in [0.25, 0.3) is 16.9 Å². The number of benzene rings is 2. The summed E-state index contributed by atoms with van der Waals surface area (Å²) in [6.07, 6.45) is 4.84. The van der Waals surface area contributed by atoms with E-state index >= 15 is 0 Å². The lowest BCUT2D eigenvalue weighted by molar-refractivity contribution is -0.114. The molecule has 0 unspecified atom stereocenters. The van der Waals surface area contributed by atoms with Gasteiger partial charge in [-0.15, -0.1) is 0 Å². The fourth-order valence-corrected chi connectivity index (χ4v) is 3.27. The second-order valence-corrected chi connectivity index (χ2v) is 7.18. The number of carbonyl (C=O) groups excluding carboxylic acids is 1. The molecule has 30 heavy (non-hydrogen) atoms. The van der Waals surface area contributed by atoms with E-state index in [4.69, 9.17) is 11.6 Å². The summed E-state index contributed by atoms with van der Waals surface area (Å²) in [5.41, 5.74) is 2.99. The minimum absolute atomic E-state index is 0.0911. The van der Waals surface area contributed by atoms with E-state index < -0.39 is 0 Å². The van der Waals surface area contributed by atoms with Gasteiger partial charge in [0.2, 0.25) is 0 Å². The van der Waals surface area contributed by atoms with Gasteiger partial charge in [0.25, 0.3) is 5.56 Å². The highest BCUT2D eigenvalue weighted by Gasteiger charge is 2.11. The molecule has 0 saturated heterocycles. The third kappa shape index (κ3) is 4.18. The maximum Gasteiger partial charge on any atom is 0.275 e. The second-order valence-electron chi connectivity index (χ2n) is 6.75. The average molecular weight is 417 g/mol. The van der Waals surface area contributed by atoms with E-state index in [1.165, 1.54) is 16.8 Å². The number of rotatable bonds is 6. The molecule has 0 saturated carbocycles. The van der Waals surface area contributed by atoms with Crippen LogP contribution in [0.4, 0.5) is 0 Å². The molecule has 0 radical (unpaired) electrons. The van der Waals surface area contributed by atoms with Crippen LogP contribution in [-0.2, 0) is 17.6 Å². The van der Waals surface area contributed by atoms with Crippen molar-refractivity contribution in [3.05, 3.63) is 106 Å². The summed E-state index contributed by atoms with van der Waals surface area (Å²) < 4.78 is 1.48. The van der Waals surface area contributed by atoms with Crippen LogP contribution in [0, 0.1) is 0 Å². The van der Waals surface area contributed by atoms with Crippen molar-refractivity contribution in [1.29, 1.82) is 0 Å². The lowest BCUT2D eigenvalue weighted by Crippen LogP contribution is -2.20. The zero-order valence-electron chi connectivity index (χ0n) is 16.0. The summed E-state index contributed by atoms with van der Waals surface area (Å²) in [6.45, 7) is 3.50. The first kappa shape index (κ1) is 19.7. The van der Waals surface area contributed by atoms with Crippen LogP contribution in [0.1, 0.15) is 17.0 Å². The van der Waals surface area contributed by atoms with Crippen molar-refractivity contribution in [2.45, 2.75) is 12.8 Å². The second kappa shape index (κ2) is 8.39. The molecule has 0 bridgehead atoms. The topological polar surface area (TPSA) is 77.7 Å². The van der Waals surface area contributed by atoms with Gasteiger partial charge in [0, 0.05) is 17.9 Å². The summed E-state index contributed by atoms with van der Waals surface area (Å²) in [5.74, 6) is 0.468. The third-order valence-corrected chi connectivity index (χ3v) is 4.85. The Kier molecular flexibility index (Phi) is 5.50. The van der Waals surface area contributed by atoms with Crippen LogP contribution >= 0.6 is 11.6 Å². The Morgan fingerprint density at radius 3 is 2.63 bits per heavy atom. The van der Waals surface area contributed by atoms with Crippen LogP contribution in [0.2, 0.25) is 5.02 Å².